The van der Waals surface area contributed by atoms with Crippen molar-refractivity contribution in [2.24, 2.45) is 0 Å². The number of allylic oxidation sites excluding steroid dienone is 1. The number of para-hydroxylation sites is 2. The van der Waals surface area contributed by atoms with Gasteiger partial charge in [-0.3, -0.25) is 0 Å². The average Bonchev–Trinajstić information content (AvgIpc) is 2.78. The highest BCUT2D eigenvalue weighted by Crippen LogP contribution is 2.27. The van der Waals surface area contributed by atoms with Crippen molar-refractivity contribution in [2.45, 2.75) is 6.54 Å². The van der Waals surface area contributed by atoms with E-state index in [9.17, 15) is 0 Å². The first kappa shape index (κ1) is 13.4. The van der Waals surface area contributed by atoms with E-state index in [0.717, 1.165) is 31.9 Å². The number of halogens is 2. The maximum atomic E-state index is 5.95. The van der Waals surface area contributed by atoms with Gasteiger partial charge in [-0.2, -0.15) is 0 Å². The molecule has 100 valence electrons. The van der Waals surface area contributed by atoms with Crippen molar-refractivity contribution in [1.29, 1.82) is 0 Å². The molecule has 0 bridgehead atoms. The molecule has 1 aromatic heterocycles. The third-order valence-corrected chi connectivity index (χ3v) is 3.59. The summed E-state index contributed by atoms with van der Waals surface area (Å²) in [4.78, 5) is 4.72. The zero-order valence-electron chi connectivity index (χ0n) is 10.7. The Morgan fingerprint density at radius 1 is 1.15 bits per heavy atom. The Hall–Kier alpha value is -1.58. The molecule has 3 rings (SSSR count). The Morgan fingerprint density at radius 3 is 2.55 bits per heavy atom. The smallest absolute Gasteiger partial charge is 0.141 e. The fraction of sp³-hybridized carbons (Fsp3) is 0.0625. The second-order valence-corrected chi connectivity index (χ2v) is 6.09. The molecule has 0 aliphatic carbocycles. The molecule has 0 saturated heterocycles. The normalized spacial score (nSPS) is 10.9. The number of imidazole rings is 1. The molecule has 4 heteroatoms. The van der Waals surface area contributed by atoms with E-state index in [0.29, 0.717) is 6.54 Å². The van der Waals surface area contributed by atoms with E-state index < -0.39 is 0 Å². The molecule has 2 nitrogen and oxygen atoms in total. The van der Waals surface area contributed by atoms with Gasteiger partial charge in [0.05, 0.1) is 17.6 Å². The molecule has 0 radical (unpaired) electrons. The molecule has 0 N–H and O–H groups in total. The Kier molecular flexibility index (Phi) is 3.64. The zero-order valence-corrected chi connectivity index (χ0v) is 13.0. The van der Waals surface area contributed by atoms with Crippen molar-refractivity contribution in [3.63, 3.8) is 0 Å². The van der Waals surface area contributed by atoms with Crippen LogP contribution in [0, 0.1) is 0 Å². The lowest BCUT2D eigenvalue weighted by molar-refractivity contribution is 0.855. The first-order valence-electron chi connectivity index (χ1n) is 6.19. The van der Waals surface area contributed by atoms with Crippen molar-refractivity contribution in [1.82, 2.24) is 9.55 Å². The summed E-state index contributed by atoms with van der Waals surface area (Å²) in [6.45, 7) is 4.61. The summed E-state index contributed by atoms with van der Waals surface area (Å²) >= 11 is 9.39. The zero-order chi connectivity index (χ0) is 14.1. The summed E-state index contributed by atoms with van der Waals surface area (Å²) in [5.74, 6) is 0.920. The van der Waals surface area contributed by atoms with Crippen LogP contribution < -0.4 is 0 Å². The highest BCUT2D eigenvalue weighted by atomic mass is 79.9. The van der Waals surface area contributed by atoms with Crippen LogP contribution >= 0.6 is 27.5 Å². The molecular weight excluding hydrogens is 336 g/mol. The number of hydrogen-bond acceptors (Lipinski definition) is 1. The quantitative estimate of drug-likeness (QED) is 0.631. The van der Waals surface area contributed by atoms with Gasteiger partial charge in [-0.25, -0.2) is 4.98 Å². The Bertz CT molecular complexity index is 775. The summed E-state index contributed by atoms with van der Waals surface area (Å²) < 4.78 is 3.06. The van der Waals surface area contributed by atoms with Gasteiger partial charge in [0.1, 0.15) is 5.82 Å². The van der Waals surface area contributed by atoms with E-state index in [1.54, 1.807) is 0 Å². The number of hydrogen-bond donors (Lipinski definition) is 0. The summed E-state index contributed by atoms with van der Waals surface area (Å²) in [5, 5.41) is 0.723. The largest absolute Gasteiger partial charge is 0.319 e. The van der Waals surface area contributed by atoms with Crippen molar-refractivity contribution in [3.8, 4) is 11.4 Å². The Morgan fingerprint density at radius 2 is 1.85 bits per heavy atom. The van der Waals surface area contributed by atoms with E-state index in [1.807, 2.05) is 42.5 Å². The second-order valence-electron chi connectivity index (χ2n) is 4.53. The average molecular weight is 348 g/mol. The highest BCUT2D eigenvalue weighted by molar-refractivity contribution is 9.11. The molecule has 0 aliphatic rings. The number of rotatable bonds is 3. The van der Waals surface area contributed by atoms with E-state index >= 15 is 0 Å². The molecule has 0 saturated carbocycles. The molecule has 2 aromatic carbocycles. The van der Waals surface area contributed by atoms with Gasteiger partial charge >= 0.3 is 0 Å². The maximum absolute atomic E-state index is 5.95. The van der Waals surface area contributed by atoms with Gasteiger partial charge in [0.2, 0.25) is 0 Å². The van der Waals surface area contributed by atoms with Gasteiger partial charge in [0.15, 0.2) is 0 Å². The van der Waals surface area contributed by atoms with Crippen LogP contribution in [0.25, 0.3) is 22.4 Å². The molecule has 0 atom stereocenters. The minimum atomic E-state index is 0.679. The number of fused-ring (bicyclic) bond motifs is 1. The summed E-state index contributed by atoms with van der Waals surface area (Å²) in [7, 11) is 0. The highest BCUT2D eigenvalue weighted by Gasteiger charge is 2.12. The van der Waals surface area contributed by atoms with Gasteiger partial charge < -0.3 is 4.57 Å². The van der Waals surface area contributed by atoms with Crippen LogP contribution in [0.2, 0.25) is 5.02 Å². The van der Waals surface area contributed by atoms with Gasteiger partial charge in [-0.05, 0) is 36.4 Å². The summed E-state index contributed by atoms with van der Waals surface area (Å²) in [6, 6.07) is 15.8. The third-order valence-electron chi connectivity index (χ3n) is 3.09. The minimum Gasteiger partial charge on any atom is -0.319 e. The van der Waals surface area contributed by atoms with E-state index in [4.69, 9.17) is 16.6 Å². The van der Waals surface area contributed by atoms with Crippen LogP contribution in [-0.4, -0.2) is 9.55 Å². The van der Waals surface area contributed by atoms with Crippen LogP contribution in [0.3, 0.4) is 0 Å². The fourth-order valence-corrected chi connectivity index (χ4v) is 2.60. The van der Waals surface area contributed by atoms with Crippen LogP contribution in [0.4, 0.5) is 0 Å². The molecule has 3 aromatic rings. The molecule has 0 amide bonds. The summed E-state index contributed by atoms with van der Waals surface area (Å²) in [5.41, 5.74) is 3.11. The number of aromatic nitrogens is 2. The van der Waals surface area contributed by atoms with Crippen LogP contribution in [0.15, 0.2) is 59.6 Å². The number of benzene rings is 2. The monoisotopic (exact) mass is 346 g/mol. The van der Waals surface area contributed by atoms with Gasteiger partial charge in [0.25, 0.3) is 0 Å². The molecule has 0 aliphatic heterocycles. The minimum absolute atomic E-state index is 0.679. The van der Waals surface area contributed by atoms with E-state index in [1.165, 1.54) is 0 Å². The molecule has 0 fully saturated rings. The van der Waals surface area contributed by atoms with Gasteiger partial charge in [-0.1, -0.05) is 46.2 Å². The first-order valence-corrected chi connectivity index (χ1v) is 7.37. The third kappa shape index (κ3) is 2.51. The maximum Gasteiger partial charge on any atom is 0.141 e. The van der Waals surface area contributed by atoms with Crippen LogP contribution in [0.1, 0.15) is 0 Å². The van der Waals surface area contributed by atoms with Crippen molar-refractivity contribution >= 4 is 38.6 Å². The Labute approximate surface area is 130 Å². The van der Waals surface area contributed by atoms with Crippen molar-refractivity contribution < 1.29 is 0 Å². The second kappa shape index (κ2) is 5.43. The van der Waals surface area contributed by atoms with Gasteiger partial charge in [-0.15, -0.1) is 0 Å². The molecule has 1 heterocycles. The molecule has 20 heavy (non-hydrogen) atoms. The fourth-order valence-electron chi connectivity index (χ4n) is 2.23. The first-order chi connectivity index (χ1) is 9.65. The van der Waals surface area contributed by atoms with Gasteiger partial charge in [0, 0.05) is 15.1 Å². The lowest BCUT2D eigenvalue weighted by Crippen LogP contribution is -2.00. The number of nitrogens with zero attached hydrogens (tertiary/aromatic N) is 2. The van der Waals surface area contributed by atoms with Crippen molar-refractivity contribution in [3.05, 3.63) is 64.6 Å². The predicted molar refractivity (Wildman–Crippen MR) is 88.2 cm³/mol. The summed E-state index contributed by atoms with van der Waals surface area (Å²) in [6.07, 6.45) is 0. The van der Waals surface area contributed by atoms with Crippen LogP contribution in [0.5, 0.6) is 0 Å². The standard InChI is InChI=1S/C16H12BrClN2/c1-11(17)10-20-15-5-3-2-4-14(15)19-16(20)12-6-8-13(18)9-7-12/h2-9H,1,10H2. The lowest BCUT2D eigenvalue weighted by atomic mass is 10.2. The molecule has 0 unspecified atom stereocenters. The SMILES string of the molecule is C=C(Br)Cn1c(-c2ccc(Cl)cc2)nc2ccccc21. The predicted octanol–water partition coefficient (Wildman–Crippen LogP) is 5.27. The molecular formula is C16H12BrClN2. The van der Waals surface area contributed by atoms with E-state index in [-0.39, 0.29) is 0 Å². The molecule has 0 spiro atoms. The van der Waals surface area contributed by atoms with Crippen molar-refractivity contribution in [2.75, 3.05) is 0 Å². The Balaban J connectivity index is 2.23. The van der Waals surface area contributed by atoms with Crippen LogP contribution in [-0.2, 0) is 6.54 Å². The lowest BCUT2D eigenvalue weighted by Gasteiger charge is -2.08. The topological polar surface area (TPSA) is 17.8 Å². The van der Waals surface area contributed by atoms with E-state index in [2.05, 4.69) is 33.1 Å².